The number of benzene rings is 1. The van der Waals surface area contributed by atoms with Gasteiger partial charge in [0.1, 0.15) is 5.75 Å². The first-order valence-corrected chi connectivity index (χ1v) is 8.71. The van der Waals surface area contributed by atoms with Gasteiger partial charge in [-0.15, -0.1) is 11.3 Å². The first kappa shape index (κ1) is 14.0. The summed E-state index contributed by atoms with van der Waals surface area (Å²) in [6.45, 7) is 0.848. The molecule has 2 aromatic rings. The molecule has 0 saturated heterocycles. The van der Waals surface area contributed by atoms with Gasteiger partial charge < -0.3 is 10.1 Å². The van der Waals surface area contributed by atoms with Gasteiger partial charge in [-0.25, -0.2) is 0 Å². The molecule has 0 bridgehead atoms. The second kappa shape index (κ2) is 6.64. The molecule has 20 heavy (non-hydrogen) atoms. The van der Waals surface area contributed by atoms with Crippen molar-refractivity contribution in [3.05, 3.63) is 45.1 Å². The number of nitrogens with one attached hydrogen (secondary N) is 1. The Bertz CT molecular complexity index is 546. The lowest BCUT2D eigenvalue weighted by Crippen LogP contribution is -2.10. The van der Waals surface area contributed by atoms with Gasteiger partial charge in [-0.3, -0.25) is 0 Å². The van der Waals surface area contributed by atoms with Crippen molar-refractivity contribution in [2.24, 2.45) is 0 Å². The second-order valence-corrected chi connectivity index (χ2v) is 6.95. The largest absolute Gasteiger partial charge is 0.490 e. The van der Waals surface area contributed by atoms with Crippen molar-refractivity contribution in [3.8, 4) is 5.75 Å². The van der Waals surface area contributed by atoms with Crippen molar-refractivity contribution in [3.63, 3.8) is 0 Å². The number of hydrogen-bond acceptors (Lipinski definition) is 3. The molecule has 1 heterocycles. The number of hydrogen-bond donors (Lipinski definition) is 1. The molecule has 4 heteroatoms. The average molecular weight is 352 g/mol. The summed E-state index contributed by atoms with van der Waals surface area (Å²) in [4.78, 5) is 1.32. The molecule has 1 aromatic carbocycles. The maximum atomic E-state index is 5.97. The molecule has 1 N–H and O–H groups in total. The number of halogens is 1. The Labute approximate surface area is 132 Å². The zero-order valence-electron chi connectivity index (χ0n) is 11.3. The van der Waals surface area contributed by atoms with Crippen LogP contribution in [-0.2, 0) is 6.54 Å². The topological polar surface area (TPSA) is 21.3 Å². The summed E-state index contributed by atoms with van der Waals surface area (Å²) >= 11 is 5.31. The molecular weight excluding hydrogens is 334 g/mol. The molecule has 1 aliphatic carbocycles. The summed E-state index contributed by atoms with van der Waals surface area (Å²) in [6, 6.07) is 10.4. The monoisotopic (exact) mass is 351 g/mol. The molecule has 0 atom stereocenters. The summed E-state index contributed by atoms with van der Waals surface area (Å²) in [5.74, 6) is 0.986. The first-order chi connectivity index (χ1) is 9.81. The highest BCUT2D eigenvalue weighted by molar-refractivity contribution is 9.10. The third-order valence-corrected chi connectivity index (χ3v) is 5.53. The second-order valence-electron chi connectivity index (χ2n) is 5.09. The SMILES string of the molecule is Brc1ccsc1CNc1ccc(OC2CCCC2)cc1. The fraction of sp³-hybridized carbons (Fsp3) is 0.375. The molecule has 0 spiro atoms. The number of ether oxygens (including phenoxy) is 1. The molecule has 0 aliphatic heterocycles. The third kappa shape index (κ3) is 3.55. The third-order valence-electron chi connectivity index (χ3n) is 3.60. The Morgan fingerprint density at radius 3 is 2.55 bits per heavy atom. The van der Waals surface area contributed by atoms with Gasteiger partial charge in [0.2, 0.25) is 0 Å². The Hall–Kier alpha value is -1.00. The Morgan fingerprint density at radius 2 is 1.90 bits per heavy atom. The van der Waals surface area contributed by atoms with Gasteiger partial charge in [0.25, 0.3) is 0 Å². The summed E-state index contributed by atoms with van der Waals surface area (Å²) in [5, 5.41) is 5.53. The van der Waals surface area contributed by atoms with E-state index in [4.69, 9.17) is 4.74 Å². The van der Waals surface area contributed by atoms with E-state index in [0.717, 1.165) is 18.0 Å². The van der Waals surface area contributed by atoms with Crippen LogP contribution in [0.2, 0.25) is 0 Å². The van der Waals surface area contributed by atoms with E-state index in [1.807, 2.05) is 0 Å². The maximum absolute atomic E-state index is 5.97. The van der Waals surface area contributed by atoms with E-state index in [2.05, 4.69) is 57.0 Å². The van der Waals surface area contributed by atoms with Crippen molar-refractivity contribution < 1.29 is 4.74 Å². The van der Waals surface area contributed by atoms with E-state index in [1.54, 1.807) is 11.3 Å². The van der Waals surface area contributed by atoms with Gasteiger partial charge in [0, 0.05) is 15.0 Å². The smallest absolute Gasteiger partial charge is 0.119 e. The molecule has 0 radical (unpaired) electrons. The van der Waals surface area contributed by atoms with Crippen molar-refractivity contribution in [2.45, 2.75) is 38.3 Å². The molecule has 1 saturated carbocycles. The molecule has 2 nitrogen and oxygen atoms in total. The Balaban J connectivity index is 1.54. The van der Waals surface area contributed by atoms with Gasteiger partial charge in [0.15, 0.2) is 0 Å². The van der Waals surface area contributed by atoms with Crippen LogP contribution < -0.4 is 10.1 Å². The molecule has 1 fully saturated rings. The van der Waals surface area contributed by atoms with E-state index < -0.39 is 0 Å². The van der Waals surface area contributed by atoms with E-state index >= 15 is 0 Å². The van der Waals surface area contributed by atoms with Crippen LogP contribution in [0.15, 0.2) is 40.2 Å². The normalized spacial score (nSPS) is 15.4. The molecule has 1 aliphatic rings. The van der Waals surface area contributed by atoms with E-state index in [1.165, 1.54) is 35.0 Å². The lowest BCUT2D eigenvalue weighted by Gasteiger charge is -2.13. The average Bonchev–Trinajstić information content (AvgIpc) is 3.10. The predicted octanol–water partition coefficient (Wildman–Crippen LogP) is 5.44. The summed E-state index contributed by atoms with van der Waals surface area (Å²) < 4.78 is 7.14. The van der Waals surface area contributed by atoms with E-state index in [-0.39, 0.29) is 0 Å². The van der Waals surface area contributed by atoms with Gasteiger partial charge in [-0.05, 0) is 77.3 Å². The summed E-state index contributed by atoms with van der Waals surface area (Å²) in [6.07, 6.45) is 5.44. The van der Waals surface area contributed by atoms with Gasteiger partial charge in [-0.2, -0.15) is 0 Å². The molecule has 106 valence electrons. The number of thiophene rings is 1. The van der Waals surface area contributed by atoms with Gasteiger partial charge >= 0.3 is 0 Å². The molecular formula is C16H18BrNOS. The van der Waals surface area contributed by atoms with Crippen LogP contribution in [0.25, 0.3) is 0 Å². The molecule has 0 amide bonds. The zero-order valence-corrected chi connectivity index (χ0v) is 13.7. The maximum Gasteiger partial charge on any atom is 0.119 e. The Morgan fingerprint density at radius 1 is 1.15 bits per heavy atom. The van der Waals surface area contributed by atoms with Crippen LogP contribution in [0, 0.1) is 0 Å². The number of anilines is 1. The van der Waals surface area contributed by atoms with Crippen molar-refractivity contribution in [1.82, 2.24) is 0 Å². The van der Waals surface area contributed by atoms with Crippen LogP contribution in [0.4, 0.5) is 5.69 Å². The summed E-state index contributed by atoms with van der Waals surface area (Å²) in [7, 11) is 0. The van der Waals surface area contributed by atoms with Crippen LogP contribution in [-0.4, -0.2) is 6.10 Å². The van der Waals surface area contributed by atoms with Crippen molar-refractivity contribution in [2.75, 3.05) is 5.32 Å². The van der Waals surface area contributed by atoms with Crippen LogP contribution in [0.1, 0.15) is 30.6 Å². The predicted molar refractivity (Wildman–Crippen MR) is 88.7 cm³/mol. The van der Waals surface area contributed by atoms with E-state index in [0.29, 0.717) is 6.10 Å². The van der Waals surface area contributed by atoms with Crippen molar-refractivity contribution in [1.29, 1.82) is 0 Å². The standard InChI is InChI=1S/C16H18BrNOS/c17-15-9-10-20-16(15)11-18-12-5-7-14(8-6-12)19-13-3-1-2-4-13/h5-10,13,18H,1-4,11H2. The molecule has 1 aromatic heterocycles. The molecule has 0 unspecified atom stereocenters. The quantitative estimate of drug-likeness (QED) is 0.773. The first-order valence-electron chi connectivity index (χ1n) is 7.04. The van der Waals surface area contributed by atoms with Gasteiger partial charge in [0.05, 0.1) is 12.6 Å². The van der Waals surface area contributed by atoms with E-state index in [9.17, 15) is 0 Å². The lowest BCUT2D eigenvalue weighted by molar-refractivity contribution is 0.210. The van der Waals surface area contributed by atoms with Crippen LogP contribution in [0.3, 0.4) is 0 Å². The fourth-order valence-corrected chi connectivity index (χ4v) is 3.92. The Kier molecular flexibility index (Phi) is 4.63. The summed E-state index contributed by atoms with van der Waals surface area (Å²) in [5.41, 5.74) is 1.13. The highest BCUT2D eigenvalue weighted by Gasteiger charge is 2.16. The minimum absolute atomic E-state index is 0.427. The minimum atomic E-state index is 0.427. The van der Waals surface area contributed by atoms with Crippen LogP contribution >= 0.6 is 27.3 Å². The fourth-order valence-electron chi connectivity index (χ4n) is 2.48. The highest BCUT2D eigenvalue weighted by atomic mass is 79.9. The van der Waals surface area contributed by atoms with Crippen molar-refractivity contribution >= 4 is 33.0 Å². The lowest BCUT2D eigenvalue weighted by atomic mass is 10.2. The van der Waals surface area contributed by atoms with Crippen LogP contribution in [0.5, 0.6) is 5.75 Å². The minimum Gasteiger partial charge on any atom is -0.490 e. The van der Waals surface area contributed by atoms with Gasteiger partial charge in [-0.1, -0.05) is 0 Å². The number of rotatable bonds is 5. The highest BCUT2D eigenvalue weighted by Crippen LogP contribution is 2.26. The molecule has 3 rings (SSSR count). The zero-order chi connectivity index (χ0) is 13.8.